The average Bonchev–Trinajstić information content (AvgIpc) is 2.47. The van der Waals surface area contributed by atoms with E-state index in [-0.39, 0.29) is 0 Å². The lowest BCUT2D eigenvalue weighted by Crippen LogP contribution is -2.17. The predicted molar refractivity (Wildman–Crippen MR) is 78.8 cm³/mol. The van der Waals surface area contributed by atoms with E-state index in [1.807, 2.05) is 0 Å². The molecule has 1 aliphatic rings. The molecule has 0 aliphatic heterocycles. The summed E-state index contributed by atoms with van der Waals surface area (Å²) >= 11 is 0. The molecule has 0 saturated heterocycles. The van der Waals surface area contributed by atoms with Crippen molar-refractivity contribution in [2.24, 2.45) is 0 Å². The molecular weight excluding hydrogens is 218 g/mol. The van der Waals surface area contributed by atoms with Gasteiger partial charge in [0.1, 0.15) is 0 Å². The van der Waals surface area contributed by atoms with Crippen molar-refractivity contribution in [3.05, 3.63) is 66.4 Å². The molecule has 0 saturated carbocycles. The van der Waals surface area contributed by atoms with Crippen LogP contribution in [0.15, 0.2) is 66.4 Å². The molecule has 18 heavy (non-hydrogen) atoms. The van der Waals surface area contributed by atoms with Crippen molar-refractivity contribution >= 4 is 16.5 Å². The number of rotatable bonds is 2. The smallest absolute Gasteiger partial charge is 0.0485 e. The molecule has 0 atom stereocenters. The molecule has 0 aromatic heterocycles. The van der Waals surface area contributed by atoms with Gasteiger partial charge in [-0.2, -0.15) is 0 Å². The Bertz CT molecular complexity index is 617. The minimum absolute atomic E-state index is 1.12. The quantitative estimate of drug-likeness (QED) is 0.740. The second-order valence-electron chi connectivity index (χ2n) is 4.68. The van der Waals surface area contributed by atoms with Gasteiger partial charge in [-0.05, 0) is 30.4 Å². The van der Waals surface area contributed by atoms with E-state index in [0.29, 0.717) is 0 Å². The molecule has 0 heterocycles. The monoisotopic (exact) mass is 235 g/mol. The Labute approximate surface area is 108 Å². The Kier molecular flexibility index (Phi) is 2.89. The third-order valence-electron chi connectivity index (χ3n) is 3.55. The van der Waals surface area contributed by atoms with Gasteiger partial charge >= 0.3 is 0 Å². The second kappa shape index (κ2) is 4.69. The molecule has 1 aliphatic carbocycles. The van der Waals surface area contributed by atoms with Crippen LogP contribution in [0.2, 0.25) is 0 Å². The van der Waals surface area contributed by atoms with Crippen molar-refractivity contribution in [3.8, 4) is 0 Å². The molecule has 0 fully saturated rings. The topological polar surface area (TPSA) is 3.24 Å². The van der Waals surface area contributed by atoms with Gasteiger partial charge in [0.05, 0.1) is 0 Å². The molecule has 2 aromatic rings. The van der Waals surface area contributed by atoms with Gasteiger partial charge in [-0.1, -0.05) is 48.6 Å². The molecule has 1 nitrogen and oxygen atoms in total. The first-order valence-corrected chi connectivity index (χ1v) is 6.43. The second-order valence-corrected chi connectivity index (χ2v) is 4.68. The maximum absolute atomic E-state index is 2.31. The highest BCUT2D eigenvalue weighted by atomic mass is 15.1. The summed E-state index contributed by atoms with van der Waals surface area (Å²) in [5.41, 5.74) is 2.67. The maximum Gasteiger partial charge on any atom is 0.0485 e. The van der Waals surface area contributed by atoms with E-state index in [2.05, 4.69) is 72.6 Å². The normalized spacial score (nSPS) is 14.6. The SMILES string of the molecule is CN(C1=CC=CCC1)c1cccc2ccccc12. The summed E-state index contributed by atoms with van der Waals surface area (Å²) < 4.78 is 0. The van der Waals surface area contributed by atoms with Crippen LogP contribution in [0.1, 0.15) is 12.8 Å². The first kappa shape index (κ1) is 11.1. The zero-order chi connectivity index (χ0) is 12.4. The highest BCUT2D eigenvalue weighted by Crippen LogP contribution is 2.29. The Hall–Kier alpha value is -2.02. The first-order valence-electron chi connectivity index (χ1n) is 6.43. The fraction of sp³-hybridized carbons (Fsp3) is 0.176. The molecule has 0 spiro atoms. The molecule has 0 radical (unpaired) electrons. The standard InChI is InChI=1S/C17H17N/c1-18(15-10-3-2-4-11-15)17-13-7-9-14-8-5-6-12-16(14)17/h2-3,5-10,12-13H,4,11H2,1H3. The lowest BCUT2D eigenvalue weighted by molar-refractivity contribution is 0.898. The van der Waals surface area contributed by atoms with E-state index in [1.165, 1.54) is 22.2 Å². The lowest BCUT2D eigenvalue weighted by atomic mass is 10.1. The van der Waals surface area contributed by atoms with Gasteiger partial charge in [0.15, 0.2) is 0 Å². The van der Waals surface area contributed by atoms with Gasteiger partial charge in [0.25, 0.3) is 0 Å². The first-order chi connectivity index (χ1) is 8.86. The average molecular weight is 235 g/mol. The van der Waals surface area contributed by atoms with Gasteiger partial charge in [-0.25, -0.2) is 0 Å². The maximum atomic E-state index is 2.31. The van der Waals surface area contributed by atoms with Crippen molar-refractivity contribution < 1.29 is 0 Å². The highest BCUT2D eigenvalue weighted by Gasteiger charge is 2.10. The minimum atomic E-state index is 1.12. The van der Waals surface area contributed by atoms with Crippen LogP contribution >= 0.6 is 0 Å². The van der Waals surface area contributed by atoms with Crippen LogP contribution in [0.3, 0.4) is 0 Å². The molecule has 0 amide bonds. The van der Waals surface area contributed by atoms with E-state index in [4.69, 9.17) is 0 Å². The lowest BCUT2D eigenvalue weighted by Gasteiger charge is -2.25. The molecular formula is C17H17N. The van der Waals surface area contributed by atoms with Gasteiger partial charge < -0.3 is 4.90 Å². The fourth-order valence-electron chi connectivity index (χ4n) is 2.52. The van der Waals surface area contributed by atoms with Gasteiger partial charge in [0, 0.05) is 23.8 Å². The zero-order valence-corrected chi connectivity index (χ0v) is 10.6. The van der Waals surface area contributed by atoms with Crippen LogP contribution in [0.4, 0.5) is 5.69 Å². The van der Waals surface area contributed by atoms with Crippen molar-refractivity contribution in [2.75, 3.05) is 11.9 Å². The number of benzene rings is 2. The summed E-state index contributed by atoms with van der Waals surface area (Å²) in [7, 11) is 2.16. The molecule has 0 unspecified atom stereocenters. The van der Waals surface area contributed by atoms with Crippen LogP contribution < -0.4 is 4.90 Å². The number of anilines is 1. The zero-order valence-electron chi connectivity index (χ0n) is 10.6. The number of allylic oxidation sites excluding steroid dienone is 4. The highest BCUT2D eigenvalue weighted by molar-refractivity contribution is 5.94. The largest absolute Gasteiger partial charge is 0.348 e. The molecule has 3 rings (SSSR count). The van der Waals surface area contributed by atoms with E-state index in [9.17, 15) is 0 Å². The number of hydrogen-bond acceptors (Lipinski definition) is 1. The summed E-state index contributed by atoms with van der Waals surface area (Å²) in [4.78, 5) is 2.31. The molecule has 0 bridgehead atoms. The summed E-state index contributed by atoms with van der Waals surface area (Å²) in [6, 6.07) is 15.1. The predicted octanol–water partition coefficient (Wildman–Crippen LogP) is 4.51. The van der Waals surface area contributed by atoms with E-state index >= 15 is 0 Å². The summed E-state index contributed by atoms with van der Waals surface area (Å²) in [5, 5.41) is 2.62. The fourth-order valence-corrected chi connectivity index (χ4v) is 2.52. The Balaban J connectivity index is 2.08. The van der Waals surface area contributed by atoms with E-state index < -0.39 is 0 Å². The van der Waals surface area contributed by atoms with Crippen LogP contribution in [0.25, 0.3) is 10.8 Å². The van der Waals surface area contributed by atoms with Crippen LogP contribution in [0, 0.1) is 0 Å². The Morgan fingerprint density at radius 3 is 2.67 bits per heavy atom. The van der Waals surface area contributed by atoms with Gasteiger partial charge in [-0.15, -0.1) is 0 Å². The van der Waals surface area contributed by atoms with Crippen molar-refractivity contribution in [1.29, 1.82) is 0 Å². The van der Waals surface area contributed by atoms with Gasteiger partial charge in [0.2, 0.25) is 0 Å². The number of fused-ring (bicyclic) bond motifs is 1. The van der Waals surface area contributed by atoms with Crippen molar-refractivity contribution in [2.45, 2.75) is 12.8 Å². The number of hydrogen-bond donors (Lipinski definition) is 0. The molecule has 1 heteroatoms. The van der Waals surface area contributed by atoms with Crippen molar-refractivity contribution in [3.63, 3.8) is 0 Å². The minimum Gasteiger partial charge on any atom is -0.348 e. The van der Waals surface area contributed by atoms with Gasteiger partial charge in [-0.3, -0.25) is 0 Å². The summed E-state index contributed by atoms with van der Waals surface area (Å²) in [5.74, 6) is 0. The molecule has 0 N–H and O–H groups in total. The van der Waals surface area contributed by atoms with Crippen LogP contribution in [-0.4, -0.2) is 7.05 Å². The van der Waals surface area contributed by atoms with Crippen molar-refractivity contribution in [1.82, 2.24) is 0 Å². The van der Waals surface area contributed by atoms with E-state index in [1.54, 1.807) is 0 Å². The third-order valence-corrected chi connectivity index (χ3v) is 3.55. The Morgan fingerprint density at radius 2 is 1.83 bits per heavy atom. The van der Waals surface area contributed by atoms with E-state index in [0.717, 1.165) is 12.8 Å². The molecule has 90 valence electrons. The Morgan fingerprint density at radius 1 is 1.00 bits per heavy atom. The summed E-state index contributed by atoms with van der Waals surface area (Å²) in [6.45, 7) is 0. The molecule has 2 aromatic carbocycles. The van der Waals surface area contributed by atoms with Crippen LogP contribution in [-0.2, 0) is 0 Å². The third kappa shape index (κ3) is 1.92. The summed E-state index contributed by atoms with van der Waals surface area (Å²) in [6.07, 6.45) is 8.85. The van der Waals surface area contributed by atoms with Crippen LogP contribution in [0.5, 0.6) is 0 Å². The number of nitrogens with zero attached hydrogens (tertiary/aromatic N) is 1.